The van der Waals surface area contributed by atoms with Crippen LogP contribution in [0.25, 0.3) is 0 Å². The molecular formula is C22H26N2O5. The average molecular weight is 398 g/mol. The second-order valence-electron chi connectivity index (χ2n) is 7.14. The number of hydrogen-bond donors (Lipinski definition) is 3. The lowest BCUT2D eigenvalue weighted by atomic mass is 10.0. The van der Waals surface area contributed by atoms with E-state index in [1.54, 1.807) is 4.90 Å². The molecule has 0 atom stereocenters. The van der Waals surface area contributed by atoms with Crippen LogP contribution in [0.4, 0.5) is 0 Å². The summed E-state index contributed by atoms with van der Waals surface area (Å²) in [6.45, 7) is 1.51. The van der Waals surface area contributed by atoms with E-state index in [0.717, 1.165) is 5.75 Å². The van der Waals surface area contributed by atoms with E-state index in [1.165, 1.54) is 18.2 Å². The summed E-state index contributed by atoms with van der Waals surface area (Å²) in [7, 11) is 0. The largest absolute Gasteiger partial charge is 0.508 e. The molecule has 0 radical (unpaired) electrons. The lowest BCUT2D eigenvalue weighted by Gasteiger charge is -2.32. The second-order valence-corrected chi connectivity index (χ2v) is 7.14. The first-order valence-corrected chi connectivity index (χ1v) is 9.81. The normalized spacial score (nSPS) is 14.4. The van der Waals surface area contributed by atoms with Gasteiger partial charge in [0.1, 0.15) is 17.2 Å². The molecule has 3 N–H and O–H groups in total. The highest BCUT2D eigenvalue weighted by atomic mass is 16.5. The molecule has 1 fully saturated rings. The number of phenolic OH excluding ortho intramolecular Hbond substituents is 2. The topological polar surface area (TPSA) is 99.1 Å². The standard InChI is InChI=1S/C22H26N2O5/c25-18-13-16(14-19(26)15-18)22(28)24-10-8-17(9-11-24)23-21(27)7-4-12-29-20-5-2-1-3-6-20/h1-3,5-6,13-15,17,25-26H,4,7-12H2,(H,23,27). The molecule has 1 saturated heterocycles. The maximum atomic E-state index is 12.5. The lowest BCUT2D eigenvalue weighted by Crippen LogP contribution is -2.46. The summed E-state index contributed by atoms with van der Waals surface area (Å²) in [5, 5.41) is 22.1. The zero-order chi connectivity index (χ0) is 20.6. The van der Waals surface area contributed by atoms with Gasteiger partial charge in [0.2, 0.25) is 5.91 Å². The van der Waals surface area contributed by atoms with Gasteiger partial charge in [0.25, 0.3) is 5.91 Å². The first-order valence-electron chi connectivity index (χ1n) is 9.81. The Labute approximate surface area is 169 Å². The number of phenols is 2. The first kappa shape index (κ1) is 20.5. The van der Waals surface area contributed by atoms with Crippen molar-refractivity contribution < 1.29 is 24.5 Å². The number of aromatic hydroxyl groups is 2. The van der Waals surface area contributed by atoms with E-state index >= 15 is 0 Å². The Bertz CT molecular complexity index is 812. The molecule has 1 heterocycles. The van der Waals surface area contributed by atoms with Crippen molar-refractivity contribution in [3.63, 3.8) is 0 Å². The molecule has 2 aromatic rings. The number of likely N-dealkylation sites (tertiary alicyclic amines) is 1. The third-order valence-corrected chi connectivity index (χ3v) is 4.86. The van der Waals surface area contributed by atoms with Gasteiger partial charge in [-0.05, 0) is 43.5 Å². The van der Waals surface area contributed by atoms with E-state index in [-0.39, 0.29) is 34.9 Å². The molecule has 7 nitrogen and oxygen atoms in total. The van der Waals surface area contributed by atoms with E-state index in [2.05, 4.69) is 5.32 Å². The van der Waals surface area contributed by atoms with E-state index in [4.69, 9.17) is 4.74 Å². The molecule has 7 heteroatoms. The zero-order valence-electron chi connectivity index (χ0n) is 16.2. The maximum Gasteiger partial charge on any atom is 0.254 e. The molecule has 2 aromatic carbocycles. The van der Waals surface area contributed by atoms with Gasteiger partial charge < -0.3 is 25.2 Å². The molecule has 0 spiro atoms. The van der Waals surface area contributed by atoms with Crippen molar-refractivity contribution in [2.45, 2.75) is 31.7 Å². The Morgan fingerprint density at radius 2 is 1.69 bits per heavy atom. The molecule has 0 aliphatic carbocycles. The fourth-order valence-electron chi connectivity index (χ4n) is 3.37. The van der Waals surface area contributed by atoms with Crippen LogP contribution in [-0.4, -0.2) is 52.7 Å². The van der Waals surface area contributed by atoms with Crippen molar-refractivity contribution in [1.29, 1.82) is 0 Å². The number of carbonyl (C=O) groups is 2. The van der Waals surface area contributed by atoms with Crippen molar-refractivity contribution in [3.05, 3.63) is 54.1 Å². The number of nitrogens with one attached hydrogen (secondary N) is 1. The number of piperidine rings is 1. The van der Waals surface area contributed by atoms with E-state index < -0.39 is 0 Å². The quantitative estimate of drug-likeness (QED) is 0.623. The summed E-state index contributed by atoms with van der Waals surface area (Å²) in [4.78, 5) is 26.3. The van der Waals surface area contributed by atoms with Crippen LogP contribution in [-0.2, 0) is 4.79 Å². The highest BCUT2D eigenvalue weighted by molar-refractivity contribution is 5.95. The van der Waals surface area contributed by atoms with Gasteiger partial charge in [0, 0.05) is 37.2 Å². The van der Waals surface area contributed by atoms with Crippen molar-refractivity contribution in [1.82, 2.24) is 10.2 Å². The minimum atomic E-state index is -0.237. The number of rotatable bonds is 7. The molecule has 3 rings (SSSR count). The third-order valence-electron chi connectivity index (χ3n) is 4.86. The SMILES string of the molecule is O=C(CCCOc1ccccc1)NC1CCN(C(=O)c2cc(O)cc(O)c2)CC1. The van der Waals surface area contributed by atoms with Gasteiger partial charge in [-0.25, -0.2) is 0 Å². The Kier molecular flexibility index (Phi) is 6.94. The van der Waals surface area contributed by atoms with Gasteiger partial charge >= 0.3 is 0 Å². The minimum absolute atomic E-state index is 0.00987. The molecule has 154 valence electrons. The molecule has 0 saturated carbocycles. The van der Waals surface area contributed by atoms with Gasteiger partial charge in [0.15, 0.2) is 0 Å². The molecule has 29 heavy (non-hydrogen) atoms. The van der Waals surface area contributed by atoms with E-state index in [0.29, 0.717) is 45.4 Å². The van der Waals surface area contributed by atoms with Crippen LogP contribution in [0.1, 0.15) is 36.0 Å². The monoisotopic (exact) mass is 398 g/mol. The summed E-state index contributed by atoms with van der Waals surface area (Å²) in [5.41, 5.74) is 0.253. The summed E-state index contributed by atoms with van der Waals surface area (Å²) < 4.78 is 5.59. The van der Waals surface area contributed by atoms with Crippen LogP contribution in [0.2, 0.25) is 0 Å². The van der Waals surface area contributed by atoms with E-state index in [9.17, 15) is 19.8 Å². The molecule has 1 aliphatic heterocycles. The van der Waals surface area contributed by atoms with Crippen LogP contribution in [0, 0.1) is 0 Å². The minimum Gasteiger partial charge on any atom is -0.508 e. The van der Waals surface area contributed by atoms with Crippen LogP contribution < -0.4 is 10.1 Å². The summed E-state index contributed by atoms with van der Waals surface area (Å²) >= 11 is 0. The van der Waals surface area contributed by atoms with Gasteiger partial charge in [-0.1, -0.05) is 18.2 Å². The van der Waals surface area contributed by atoms with Crippen molar-refractivity contribution in [2.75, 3.05) is 19.7 Å². The number of amides is 2. The van der Waals surface area contributed by atoms with Gasteiger partial charge in [0.05, 0.1) is 6.61 Å². The van der Waals surface area contributed by atoms with Gasteiger partial charge in [-0.2, -0.15) is 0 Å². The maximum absolute atomic E-state index is 12.5. The van der Waals surface area contributed by atoms with Gasteiger partial charge in [-0.3, -0.25) is 9.59 Å². The summed E-state index contributed by atoms with van der Waals surface area (Å²) in [6.07, 6.45) is 2.37. The smallest absolute Gasteiger partial charge is 0.254 e. The first-order chi connectivity index (χ1) is 14.0. The number of benzene rings is 2. The Balaban J connectivity index is 1.36. The van der Waals surface area contributed by atoms with E-state index in [1.807, 2.05) is 30.3 Å². The molecule has 0 unspecified atom stereocenters. The number of nitrogens with zero attached hydrogens (tertiary/aromatic N) is 1. The predicted molar refractivity (Wildman–Crippen MR) is 108 cm³/mol. The molecule has 0 bridgehead atoms. The van der Waals surface area contributed by atoms with Crippen molar-refractivity contribution in [3.8, 4) is 17.2 Å². The van der Waals surface area contributed by atoms with Crippen LogP contribution in [0.15, 0.2) is 48.5 Å². The number of ether oxygens (including phenoxy) is 1. The molecule has 2 amide bonds. The summed E-state index contributed by atoms with van der Waals surface area (Å²) in [5.74, 6) is 0.256. The Morgan fingerprint density at radius 3 is 2.34 bits per heavy atom. The fraction of sp³-hybridized carbons (Fsp3) is 0.364. The summed E-state index contributed by atoms with van der Waals surface area (Å²) in [6, 6.07) is 13.4. The predicted octanol–water partition coefficient (Wildman–Crippen LogP) is 2.68. The molecule has 1 aliphatic rings. The average Bonchev–Trinajstić information content (AvgIpc) is 2.71. The number of hydrogen-bond acceptors (Lipinski definition) is 5. The Morgan fingerprint density at radius 1 is 1.03 bits per heavy atom. The number of para-hydroxylation sites is 1. The molecule has 0 aromatic heterocycles. The zero-order valence-corrected chi connectivity index (χ0v) is 16.2. The molecular weight excluding hydrogens is 372 g/mol. The Hall–Kier alpha value is -3.22. The highest BCUT2D eigenvalue weighted by Crippen LogP contribution is 2.23. The van der Waals surface area contributed by atoms with Crippen molar-refractivity contribution >= 4 is 11.8 Å². The third kappa shape index (κ3) is 6.14. The lowest BCUT2D eigenvalue weighted by molar-refractivity contribution is -0.122. The van der Waals surface area contributed by atoms with Crippen LogP contribution in [0.3, 0.4) is 0 Å². The number of carbonyl (C=O) groups excluding carboxylic acids is 2. The van der Waals surface area contributed by atoms with Crippen LogP contribution in [0.5, 0.6) is 17.2 Å². The van der Waals surface area contributed by atoms with Crippen LogP contribution >= 0.6 is 0 Å². The highest BCUT2D eigenvalue weighted by Gasteiger charge is 2.25. The van der Waals surface area contributed by atoms with Gasteiger partial charge in [-0.15, -0.1) is 0 Å². The fourth-order valence-corrected chi connectivity index (χ4v) is 3.37. The second kappa shape index (κ2) is 9.82. The van der Waals surface area contributed by atoms with Crippen molar-refractivity contribution in [2.24, 2.45) is 0 Å².